The highest BCUT2D eigenvalue weighted by Crippen LogP contribution is 2.56. The number of rotatable bonds is 24. The lowest BCUT2D eigenvalue weighted by Crippen LogP contribution is -2.54. The van der Waals surface area contributed by atoms with Gasteiger partial charge in [-0.25, -0.2) is 19.2 Å². The fourth-order valence-electron chi connectivity index (χ4n) is 6.31. The summed E-state index contributed by atoms with van der Waals surface area (Å²) in [5.41, 5.74) is -6.14. The van der Waals surface area contributed by atoms with Crippen molar-refractivity contribution in [1.82, 2.24) is 0 Å². The second-order valence-electron chi connectivity index (χ2n) is 15.0. The number of esters is 4. The van der Waals surface area contributed by atoms with E-state index in [1.165, 1.54) is 48.5 Å². The van der Waals surface area contributed by atoms with E-state index in [2.05, 4.69) is 13.2 Å². The van der Waals surface area contributed by atoms with Crippen molar-refractivity contribution in [3.63, 3.8) is 0 Å². The molecule has 0 heterocycles. The van der Waals surface area contributed by atoms with Gasteiger partial charge in [0.1, 0.15) is 23.0 Å². The van der Waals surface area contributed by atoms with Crippen molar-refractivity contribution in [1.29, 1.82) is 0 Å². The first-order chi connectivity index (χ1) is 30.8. The Morgan fingerprint density at radius 2 is 0.723 bits per heavy atom. The summed E-state index contributed by atoms with van der Waals surface area (Å²) in [7, 11) is 0. The molecule has 10 nitrogen and oxygen atoms in total. The molecule has 0 atom stereocenters. The maximum atomic E-state index is 14.8. The molecule has 348 valence electrons. The van der Waals surface area contributed by atoms with E-state index in [4.69, 9.17) is 28.4 Å². The number of alkyl halides is 6. The van der Waals surface area contributed by atoms with Crippen LogP contribution in [0.4, 0.5) is 26.3 Å². The molecule has 4 rings (SSSR count). The number of ether oxygens (including phenoxy) is 6. The van der Waals surface area contributed by atoms with E-state index < -0.39 is 52.8 Å². The minimum absolute atomic E-state index is 0.0501. The number of halogens is 6. The van der Waals surface area contributed by atoms with Crippen molar-refractivity contribution in [3.05, 3.63) is 144 Å². The average molecular weight is 913 g/mol. The Kier molecular flexibility index (Phi) is 18.8. The molecule has 0 aliphatic rings. The molecule has 0 amide bonds. The molecule has 0 saturated heterocycles. The van der Waals surface area contributed by atoms with Gasteiger partial charge in [-0.2, -0.15) is 26.3 Å². The zero-order chi connectivity index (χ0) is 47.6. The lowest BCUT2D eigenvalue weighted by atomic mass is 9.73. The number of benzene rings is 4. The second kappa shape index (κ2) is 23.9. The third-order valence-corrected chi connectivity index (χ3v) is 9.80. The van der Waals surface area contributed by atoms with Gasteiger partial charge < -0.3 is 28.4 Å². The van der Waals surface area contributed by atoms with E-state index in [-0.39, 0.29) is 22.6 Å². The Morgan fingerprint density at radius 1 is 0.431 bits per heavy atom. The van der Waals surface area contributed by atoms with Gasteiger partial charge in [0.2, 0.25) is 5.41 Å². The van der Waals surface area contributed by atoms with Crippen LogP contribution in [-0.4, -0.2) is 62.7 Å². The highest BCUT2D eigenvalue weighted by Gasteiger charge is 2.72. The van der Waals surface area contributed by atoms with Crippen LogP contribution in [0.1, 0.15) is 97.1 Å². The van der Waals surface area contributed by atoms with Crippen molar-refractivity contribution in [2.45, 2.75) is 83.0 Å². The molecule has 0 aliphatic carbocycles. The number of carbonyl (C=O) groups is 4. The van der Waals surface area contributed by atoms with Crippen LogP contribution < -0.4 is 18.9 Å². The maximum Gasteiger partial charge on any atom is 0.411 e. The molecule has 0 spiro atoms. The van der Waals surface area contributed by atoms with Crippen molar-refractivity contribution in [2.24, 2.45) is 0 Å². The minimum Gasteiger partial charge on any atom is -0.494 e. The summed E-state index contributed by atoms with van der Waals surface area (Å²) in [4.78, 5) is 48.4. The van der Waals surface area contributed by atoms with Gasteiger partial charge in [0.05, 0.1) is 37.6 Å². The first kappa shape index (κ1) is 51.1. The quantitative estimate of drug-likeness (QED) is 0.0221. The zero-order valence-electron chi connectivity index (χ0n) is 36.0. The first-order valence-electron chi connectivity index (χ1n) is 20.7. The van der Waals surface area contributed by atoms with Crippen molar-refractivity contribution in [2.75, 3.05) is 26.4 Å². The third-order valence-electron chi connectivity index (χ3n) is 9.80. The molecule has 4 aromatic carbocycles. The van der Waals surface area contributed by atoms with Crippen molar-refractivity contribution < 1.29 is 73.9 Å². The molecule has 0 aliphatic heterocycles. The van der Waals surface area contributed by atoms with Crippen LogP contribution in [0.3, 0.4) is 0 Å². The summed E-state index contributed by atoms with van der Waals surface area (Å²) in [6, 6.07) is 17.3. The number of hydrogen-bond acceptors (Lipinski definition) is 10. The number of carbonyl (C=O) groups excluding carboxylic acids is 4. The predicted octanol–water partition coefficient (Wildman–Crippen LogP) is 11.7. The minimum atomic E-state index is -5.91. The lowest BCUT2D eigenvalue weighted by molar-refractivity contribution is -0.288. The van der Waals surface area contributed by atoms with E-state index in [1.54, 1.807) is 13.8 Å². The van der Waals surface area contributed by atoms with Crippen LogP contribution >= 0.6 is 0 Å². The Bertz CT molecular complexity index is 2060. The largest absolute Gasteiger partial charge is 0.494 e. The molecule has 0 radical (unpaired) electrons. The van der Waals surface area contributed by atoms with E-state index in [0.717, 1.165) is 62.8 Å². The van der Waals surface area contributed by atoms with E-state index in [0.29, 0.717) is 86.2 Å². The monoisotopic (exact) mass is 912 g/mol. The van der Waals surface area contributed by atoms with Crippen molar-refractivity contribution in [3.8, 4) is 23.0 Å². The average Bonchev–Trinajstić information content (AvgIpc) is 3.26. The summed E-state index contributed by atoms with van der Waals surface area (Å²) >= 11 is 0. The molecule has 16 heteroatoms. The van der Waals surface area contributed by atoms with Gasteiger partial charge in [0, 0.05) is 11.1 Å². The van der Waals surface area contributed by atoms with Crippen LogP contribution in [0.2, 0.25) is 0 Å². The SMILES string of the molecule is C=C(C)C(=O)OCCCCCCOc1ccc(C(=O)Oc2ccc(C(c3ccc(OC(=O)c4ccc(OCCCCCCOC(=O)C(=C)C)cc4)cc3)(C(F)(F)F)C(F)(F)F)cc2)cc1. The Hall–Kier alpha value is -6.58. The van der Waals surface area contributed by atoms with Crippen LogP contribution in [-0.2, 0) is 24.5 Å². The summed E-state index contributed by atoms with van der Waals surface area (Å²) in [6.07, 6.45) is -5.71. The third kappa shape index (κ3) is 14.7. The van der Waals surface area contributed by atoms with Crippen molar-refractivity contribution >= 4 is 23.9 Å². The fourth-order valence-corrected chi connectivity index (χ4v) is 6.31. The Labute approximate surface area is 373 Å². The molecule has 4 aromatic rings. The zero-order valence-corrected chi connectivity index (χ0v) is 36.0. The summed E-state index contributed by atoms with van der Waals surface area (Å²) < 4.78 is 121. The summed E-state index contributed by atoms with van der Waals surface area (Å²) in [5.74, 6) is -2.38. The maximum absolute atomic E-state index is 14.8. The molecule has 0 aromatic heterocycles. The highest BCUT2D eigenvalue weighted by atomic mass is 19.4. The molecule has 0 N–H and O–H groups in total. The second-order valence-corrected chi connectivity index (χ2v) is 15.0. The highest BCUT2D eigenvalue weighted by molar-refractivity contribution is 5.92. The van der Waals surface area contributed by atoms with Crippen LogP contribution in [0.5, 0.6) is 23.0 Å². The van der Waals surface area contributed by atoms with Crippen LogP contribution in [0.25, 0.3) is 0 Å². The van der Waals surface area contributed by atoms with Gasteiger partial charge in [0.15, 0.2) is 0 Å². The van der Waals surface area contributed by atoms with Gasteiger partial charge in [-0.3, -0.25) is 0 Å². The number of unbranched alkanes of at least 4 members (excludes halogenated alkanes) is 6. The normalized spacial score (nSPS) is 11.6. The topological polar surface area (TPSA) is 124 Å². The predicted molar refractivity (Wildman–Crippen MR) is 228 cm³/mol. The standard InChI is InChI=1S/C49H50F6O10/c1-33(2)43(56)62-31-11-7-5-9-29-60-39-21-13-35(14-22-39)45(58)64-41-25-17-37(18-26-41)47(48(50,51)52,49(53,54)55)38-19-27-42(28-20-38)65-46(59)36-15-23-40(24-16-36)61-30-10-6-8-12-32-63-44(57)34(3)4/h13-28H,1,3,5-12,29-32H2,2,4H3. The van der Waals surface area contributed by atoms with E-state index in [9.17, 15) is 45.5 Å². The lowest BCUT2D eigenvalue weighted by Gasteiger charge is -2.38. The molecular formula is C49H50F6O10. The molecule has 0 fully saturated rings. The van der Waals surface area contributed by atoms with Crippen LogP contribution in [0.15, 0.2) is 121 Å². The van der Waals surface area contributed by atoms with Gasteiger partial charge in [-0.15, -0.1) is 0 Å². The van der Waals surface area contributed by atoms with E-state index >= 15 is 0 Å². The first-order valence-corrected chi connectivity index (χ1v) is 20.7. The fraction of sp³-hybridized carbons (Fsp3) is 0.347. The van der Waals surface area contributed by atoms with Gasteiger partial charge in [-0.1, -0.05) is 37.4 Å². The summed E-state index contributed by atoms with van der Waals surface area (Å²) in [5, 5.41) is 0. The molecule has 0 bridgehead atoms. The van der Waals surface area contributed by atoms with E-state index in [1.807, 2.05) is 0 Å². The molecule has 0 unspecified atom stereocenters. The molecule has 0 saturated carbocycles. The molecular weight excluding hydrogens is 863 g/mol. The summed E-state index contributed by atoms with van der Waals surface area (Å²) in [6.45, 7) is 11.5. The Morgan fingerprint density at radius 3 is 1.02 bits per heavy atom. The van der Waals surface area contributed by atoms with Gasteiger partial charge in [-0.05, 0) is 149 Å². The smallest absolute Gasteiger partial charge is 0.411 e. The van der Waals surface area contributed by atoms with Crippen LogP contribution in [0, 0.1) is 0 Å². The number of hydrogen-bond donors (Lipinski definition) is 0. The molecule has 65 heavy (non-hydrogen) atoms. The Balaban J connectivity index is 1.31. The van der Waals surface area contributed by atoms with Gasteiger partial charge >= 0.3 is 36.2 Å². The van der Waals surface area contributed by atoms with Gasteiger partial charge in [0.25, 0.3) is 0 Å².